The van der Waals surface area contributed by atoms with Crippen LogP contribution in [0.4, 0.5) is 5.69 Å². The van der Waals surface area contributed by atoms with E-state index in [1.165, 1.54) is 0 Å². The van der Waals surface area contributed by atoms with Crippen LogP contribution in [-0.4, -0.2) is 28.2 Å². The third-order valence-corrected chi connectivity index (χ3v) is 16.7. The Hall–Kier alpha value is 1.98. The molecular formula is C20H9Cl12N. The van der Waals surface area contributed by atoms with Crippen molar-refractivity contribution in [2.45, 2.75) is 40.0 Å². The molecule has 0 aromatic heterocycles. The Bertz CT molecular complexity index is 1240. The molecule has 0 radical (unpaired) electrons. The minimum atomic E-state index is -1.85. The first-order chi connectivity index (χ1) is 15.0. The van der Waals surface area contributed by atoms with Crippen molar-refractivity contribution in [2.24, 2.45) is 11.8 Å². The van der Waals surface area contributed by atoms with Crippen LogP contribution in [0.1, 0.15) is 23.0 Å². The van der Waals surface area contributed by atoms with Gasteiger partial charge in [-0.05, 0) is 23.3 Å². The molecule has 5 aliphatic carbocycles. The number of fused-ring (bicyclic) bond motifs is 14. The van der Waals surface area contributed by atoms with Gasteiger partial charge < -0.3 is 5.73 Å². The number of nitrogens with two attached hydrogens (primary N) is 1. The van der Waals surface area contributed by atoms with Crippen LogP contribution >= 0.6 is 139 Å². The lowest BCUT2D eigenvalue weighted by Gasteiger charge is -2.52. The molecule has 8 atom stereocenters. The number of alkyl halides is 8. The van der Waals surface area contributed by atoms with Gasteiger partial charge in [0.15, 0.2) is 8.67 Å². The van der Waals surface area contributed by atoms with Crippen molar-refractivity contribution in [3.8, 4) is 0 Å². The summed E-state index contributed by atoms with van der Waals surface area (Å²) < 4.78 is -3.69. The van der Waals surface area contributed by atoms with Gasteiger partial charge in [0, 0.05) is 29.4 Å². The third-order valence-electron chi connectivity index (χ3n) is 8.15. The van der Waals surface area contributed by atoms with Crippen LogP contribution in [0.15, 0.2) is 38.3 Å². The van der Waals surface area contributed by atoms with Gasteiger partial charge in [-0.1, -0.05) is 98.9 Å². The number of benzene rings is 1. The standard InChI is InChI=1S/C20H9Cl12N/c21-11-13(23)17(27)9-7(15(11,25)19(17,29)30)5-2-1-4(33)3-6(5)8-10(9)18(28)14(24)12(22)16(8,26)20(18,31)32/h1-3,7-10H,33H2/t7-,8-,9+,10+,15+,16+,17+,18+/m1/s1. The van der Waals surface area contributed by atoms with Crippen LogP contribution in [-0.2, 0) is 0 Å². The van der Waals surface area contributed by atoms with Gasteiger partial charge in [0.1, 0.15) is 19.5 Å². The second-order valence-corrected chi connectivity index (χ2v) is 15.7. The minimum absolute atomic E-state index is 0.0193. The van der Waals surface area contributed by atoms with Crippen molar-refractivity contribution in [2.75, 3.05) is 5.73 Å². The molecule has 5 aliphatic rings. The summed E-state index contributed by atoms with van der Waals surface area (Å²) in [5.74, 6) is -2.80. The van der Waals surface area contributed by atoms with Gasteiger partial charge in [0.2, 0.25) is 0 Å². The second-order valence-electron chi connectivity index (χ2n) is 9.15. The molecule has 1 nitrogen and oxygen atoms in total. The molecule has 1 aromatic carbocycles. The molecular weight excluding hydrogens is 680 g/mol. The maximum absolute atomic E-state index is 7.26. The summed E-state index contributed by atoms with van der Waals surface area (Å²) in [5, 5.41) is 0.153. The summed E-state index contributed by atoms with van der Waals surface area (Å²) in [6.07, 6.45) is 0. The Kier molecular flexibility index (Phi) is 5.17. The smallest absolute Gasteiger partial charge is 0.167 e. The summed E-state index contributed by atoms with van der Waals surface area (Å²) in [7, 11) is 0. The van der Waals surface area contributed by atoms with Gasteiger partial charge >= 0.3 is 0 Å². The zero-order valence-electron chi connectivity index (χ0n) is 15.7. The Morgan fingerprint density at radius 2 is 0.909 bits per heavy atom. The number of anilines is 1. The van der Waals surface area contributed by atoms with Crippen molar-refractivity contribution in [3.05, 3.63) is 49.5 Å². The summed E-state index contributed by atoms with van der Waals surface area (Å²) in [5.41, 5.74) is 8.03. The van der Waals surface area contributed by atoms with Crippen LogP contribution in [0, 0.1) is 11.8 Å². The maximum Gasteiger partial charge on any atom is 0.167 e. The van der Waals surface area contributed by atoms with E-state index in [9.17, 15) is 0 Å². The minimum Gasteiger partial charge on any atom is -0.399 e. The summed E-state index contributed by atoms with van der Waals surface area (Å²) in [6, 6.07) is 5.28. The van der Waals surface area contributed by atoms with E-state index < -0.39 is 51.8 Å². The number of nitrogen functional groups attached to an aromatic ring is 1. The summed E-state index contributed by atoms with van der Waals surface area (Å²) in [4.78, 5) is -6.52. The molecule has 0 spiro atoms. The van der Waals surface area contributed by atoms with E-state index in [2.05, 4.69) is 0 Å². The monoisotopic (exact) mass is 683 g/mol. The number of halogens is 12. The van der Waals surface area contributed by atoms with Crippen molar-refractivity contribution in [1.29, 1.82) is 0 Å². The van der Waals surface area contributed by atoms with Gasteiger partial charge in [-0.2, -0.15) is 0 Å². The van der Waals surface area contributed by atoms with E-state index in [1.54, 1.807) is 12.1 Å². The molecule has 0 heterocycles. The second kappa shape index (κ2) is 6.75. The quantitative estimate of drug-likeness (QED) is 0.214. The Balaban J connectivity index is 1.79. The first kappa shape index (κ1) is 25.3. The highest BCUT2D eigenvalue weighted by Gasteiger charge is 2.91. The molecule has 0 aliphatic heterocycles. The van der Waals surface area contributed by atoms with E-state index >= 15 is 0 Å². The maximum atomic E-state index is 7.26. The Labute approximate surface area is 249 Å². The van der Waals surface area contributed by atoms with Crippen LogP contribution in [0.2, 0.25) is 0 Å². The first-order valence-electron chi connectivity index (χ1n) is 9.53. The average Bonchev–Trinajstić information content (AvgIpc) is 3.08. The molecule has 33 heavy (non-hydrogen) atoms. The highest BCUT2D eigenvalue weighted by atomic mass is 35.5. The number of hydrogen-bond acceptors (Lipinski definition) is 1. The average molecular weight is 689 g/mol. The zero-order valence-corrected chi connectivity index (χ0v) is 24.7. The zero-order chi connectivity index (χ0) is 24.5. The third kappa shape index (κ3) is 2.16. The van der Waals surface area contributed by atoms with Crippen molar-refractivity contribution in [3.63, 3.8) is 0 Å². The molecule has 0 unspecified atom stereocenters. The largest absolute Gasteiger partial charge is 0.399 e. The van der Waals surface area contributed by atoms with Crippen molar-refractivity contribution in [1.82, 2.24) is 0 Å². The predicted molar refractivity (Wildman–Crippen MR) is 144 cm³/mol. The van der Waals surface area contributed by atoms with E-state index in [0.29, 0.717) is 11.3 Å². The molecule has 2 N–H and O–H groups in total. The van der Waals surface area contributed by atoms with Crippen LogP contribution in [0.3, 0.4) is 0 Å². The summed E-state index contributed by atoms with van der Waals surface area (Å²) >= 11 is 83.4. The lowest BCUT2D eigenvalue weighted by Crippen LogP contribution is -2.53. The fourth-order valence-corrected chi connectivity index (χ4v) is 13.0. The lowest BCUT2D eigenvalue weighted by molar-refractivity contribution is 0.201. The predicted octanol–water partition coefficient (Wildman–Crippen LogP) is 9.37. The normalized spacial score (nSPS) is 50.1. The molecule has 0 saturated heterocycles. The van der Waals surface area contributed by atoms with E-state index in [-0.39, 0.29) is 20.1 Å². The molecule has 0 amide bonds. The molecule has 4 bridgehead atoms. The van der Waals surface area contributed by atoms with Gasteiger partial charge in [0.05, 0.1) is 20.1 Å². The van der Waals surface area contributed by atoms with Crippen molar-refractivity contribution >= 4 is 145 Å². The highest BCUT2D eigenvalue weighted by molar-refractivity contribution is 6.67. The molecule has 2 saturated carbocycles. The summed E-state index contributed by atoms with van der Waals surface area (Å²) in [6.45, 7) is 0. The number of allylic oxidation sites excluding steroid dienone is 4. The SMILES string of the molecule is Nc1ccc2c(c1)[C@@H]1[C@@H]([C@@H]3[C@@H]2[C@]2(Cl)C(Cl)=C(Cl)[C@]3(Cl)C2(Cl)Cl)[C@]2(Cl)C(Cl)=C(Cl)[C@]1(Cl)C2(Cl)Cl. The van der Waals surface area contributed by atoms with Crippen molar-refractivity contribution < 1.29 is 0 Å². The molecule has 6 rings (SSSR count). The first-order valence-corrected chi connectivity index (χ1v) is 14.1. The van der Waals surface area contributed by atoms with E-state index in [0.717, 1.165) is 5.56 Å². The van der Waals surface area contributed by atoms with E-state index in [1.807, 2.05) is 6.07 Å². The topological polar surface area (TPSA) is 26.0 Å². The molecule has 2 fully saturated rings. The number of rotatable bonds is 0. The van der Waals surface area contributed by atoms with Gasteiger partial charge in [0.25, 0.3) is 0 Å². The van der Waals surface area contributed by atoms with Crippen LogP contribution < -0.4 is 5.73 Å². The van der Waals surface area contributed by atoms with Crippen LogP contribution in [0.25, 0.3) is 0 Å². The fraction of sp³-hybridized carbons (Fsp3) is 0.500. The van der Waals surface area contributed by atoms with Gasteiger partial charge in [-0.15, -0.1) is 46.4 Å². The molecule has 1 aromatic rings. The Morgan fingerprint density at radius 1 is 0.545 bits per heavy atom. The fourth-order valence-electron chi connectivity index (χ4n) is 6.92. The van der Waals surface area contributed by atoms with E-state index in [4.69, 9.17) is 145 Å². The highest BCUT2D eigenvalue weighted by Crippen LogP contribution is 2.88. The number of hydrogen-bond donors (Lipinski definition) is 1. The Morgan fingerprint density at radius 3 is 1.33 bits per heavy atom. The molecule has 13 heteroatoms. The van der Waals surface area contributed by atoms with Gasteiger partial charge in [-0.25, -0.2) is 0 Å². The van der Waals surface area contributed by atoms with Gasteiger partial charge in [-0.3, -0.25) is 0 Å². The lowest BCUT2D eigenvalue weighted by atomic mass is 9.57. The van der Waals surface area contributed by atoms with Crippen LogP contribution in [0.5, 0.6) is 0 Å². The molecule has 178 valence electrons.